The van der Waals surface area contributed by atoms with Gasteiger partial charge in [0.2, 0.25) is 0 Å². The van der Waals surface area contributed by atoms with Crippen LogP contribution in [0.25, 0.3) is 0 Å². The number of carbonyl (C=O) groups is 1. The highest BCUT2D eigenvalue weighted by Crippen LogP contribution is 2.21. The van der Waals surface area contributed by atoms with Gasteiger partial charge in [-0.2, -0.15) is 5.10 Å². The summed E-state index contributed by atoms with van der Waals surface area (Å²) in [6.07, 6.45) is 7.03. The fourth-order valence-electron chi connectivity index (χ4n) is 2.24. The van der Waals surface area contributed by atoms with Gasteiger partial charge in [-0.15, -0.1) is 0 Å². The molecular formula is C15H16N4O2. The van der Waals surface area contributed by atoms with Gasteiger partial charge in [-0.1, -0.05) is 0 Å². The lowest BCUT2D eigenvalue weighted by molar-refractivity contribution is 0.0955. The van der Waals surface area contributed by atoms with Crippen LogP contribution >= 0.6 is 0 Å². The van der Waals surface area contributed by atoms with E-state index in [1.54, 1.807) is 24.5 Å². The number of rotatable bonds is 4. The largest absolute Gasteiger partial charge is 0.440 e. The predicted molar refractivity (Wildman–Crippen MR) is 79.5 cm³/mol. The first-order chi connectivity index (χ1) is 10.3. The van der Waals surface area contributed by atoms with Crippen LogP contribution in [0.2, 0.25) is 0 Å². The highest BCUT2D eigenvalue weighted by Gasteiger charge is 2.15. The van der Waals surface area contributed by atoms with E-state index in [1.165, 1.54) is 19.1 Å². The smallest absolute Gasteiger partial charge is 0.271 e. The summed E-state index contributed by atoms with van der Waals surface area (Å²) in [7, 11) is 0. The molecule has 1 amide bonds. The normalized spacial score (nSPS) is 14.8. The Hall–Kier alpha value is -2.63. The van der Waals surface area contributed by atoms with Crippen molar-refractivity contribution >= 4 is 18.0 Å². The van der Waals surface area contributed by atoms with Crippen LogP contribution in [0.1, 0.15) is 29.0 Å². The number of nitrogens with zero attached hydrogens (tertiary/aromatic N) is 3. The number of amides is 1. The van der Waals surface area contributed by atoms with Crippen LogP contribution in [-0.2, 0) is 0 Å². The lowest BCUT2D eigenvalue weighted by Gasteiger charge is -2.12. The highest BCUT2D eigenvalue weighted by atomic mass is 16.4. The number of nitrogens with one attached hydrogen (secondary N) is 1. The van der Waals surface area contributed by atoms with Crippen molar-refractivity contribution < 1.29 is 9.21 Å². The molecule has 2 aromatic rings. The molecule has 108 valence electrons. The summed E-state index contributed by atoms with van der Waals surface area (Å²) in [6.45, 7) is 2.06. The second kappa shape index (κ2) is 6.21. The number of carbonyl (C=O) groups excluding carboxylic acids is 1. The fraction of sp³-hybridized carbons (Fsp3) is 0.267. The van der Waals surface area contributed by atoms with Crippen LogP contribution in [0.3, 0.4) is 0 Å². The van der Waals surface area contributed by atoms with Crippen LogP contribution in [0, 0.1) is 0 Å². The first-order valence-corrected chi connectivity index (χ1v) is 6.91. The van der Waals surface area contributed by atoms with Crippen molar-refractivity contribution in [2.75, 3.05) is 18.0 Å². The third-order valence-corrected chi connectivity index (χ3v) is 3.33. The number of pyridine rings is 1. The Morgan fingerprint density at radius 2 is 2.00 bits per heavy atom. The maximum Gasteiger partial charge on any atom is 0.271 e. The number of hydrogen-bond donors (Lipinski definition) is 1. The molecule has 0 spiro atoms. The van der Waals surface area contributed by atoms with Crippen molar-refractivity contribution in [2.24, 2.45) is 5.10 Å². The van der Waals surface area contributed by atoms with E-state index in [4.69, 9.17) is 4.42 Å². The fourth-order valence-corrected chi connectivity index (χ4v) is 2.24. The molecule has 0 unspecified atom stereocenters. The van der Waals surface area contributed by atoms with Gasteiger partial charge in [-0.3, -0.25) is 9.78 Å². The van der Waals surface area contributed by atoms with E-state index < -0.39 is 0 Å². The van der Waals surface area contributed by atoms with E-state index in [-0.39, 0.29) is 5.91 Å². The Balaban J connectivity index is 1.58. The summed E-state index contributed by atoms with van der Waals surface area (Å²) in [5, 5.41) is 3.90. The maximum absolute atomic E-state index is 11.8. The van der Waals surface area contributed by atoms with Crippen molar-refractivity contribution in [3.63, 3.8) is 0 Å². The highest BCUT2D eigenvalue weighted by molar-refractivity contribution is 5.94. The molecule has 1 fully saturated rings. The molecule has 0 bridgehead atoms. The zero-order valence-electron chi connectivity index (χ0n) is 11.5. The van der Waals surface area contributed by atoms with Gasteiger partial charge < -0.3 is 9.32 Å². The molecule has 21 heavy (non-hydrogen) atoms. The van der Waals surface area contributed by atoms with Crippen LogP contribution in [-0.4, -0.2) is 30.2 Å². The molecule has 1 N–H and O–H groups in total. The first-order valence-electron chi connectivity index (χ1n) is 6.91. The number of hydrazone groups is 1. The van der Waals surface area contributed by atoms with Gasteiger partial charge in [0.25, 0.3) is 5.91 Å². The van der Waals surface area contributed by atoms with E-state index in [0.29, 0.717) is 11.3 Å². The standard InChI is InChI=1S/C15H16N4O2/c20-15(12-5-7-16-8-6-12)18-17-11-13-3-4-14(21-13)19-9-1-2-10-19/h3-8,11H,1-2,9-10H2,(H,18,20)/b17-11-. The first kappa shape index (κ1) is 13.4. The molecular weight excluding hydrogens is 268 g/mol. The van der Waals surface area contributed by atoms with Crippen LogP contribution in [0.15, 0.2) is 46.2 Å². The Bertz CT molecular complexity index is 630. The number of hydrogen-bond acceptors (Lipinski definition) is 5. The molecule has 0 aliphatic carbocycles. The van der Waals surface area contributed by atoms with Crippen molar-refractivity contribution in [2.45, 2.75) is 12.8 Å². The lowest BCUT2D eigenvalue weighted by atomic mass is 10.3. The van der Waals surface area contributed by atoms with Crippen LogP contribution in [0.4, 0.5) is 5.88 Å². The van der Waals surface area contributed by atoms with Gasteiger partial charge in [0.05, 0.1) is 6.21 Å². The molecule has 2 aromatic heterocycles. The molecule has 1 aliphatic rings. The van der Waals surface area contributed by atoms with Gasteiger partial charge >= 0.3 is 0 Å². The second-order valence-electron chi connectivity index (χ2n) is 4.81. The van der Waals surface area contributed by atoms with Gasteiger partial charge in [0, 0.05) is 37.1 Å². The van der Waals surface area contributed by atoms with Crippen LogP contribution in [0.5, 0.6) is 0 Å². The molecule has 0 saturated carbocycles. The summed E-state index contributed by atoms with van der Waals surface area (Å²) in [4.78, 5) is 17.8. The third-order valence-electron chi connectivity index (χ3n) is 3.33. The molecule has 3 heterocycles. The third kappa shape index (κ3) is 3.28. The summed E-state index contributed by atoms with van der Waals surface area (Å²) < 4.78 is 5.67. The van der Waals surface area contributed by atoms with E-state index in [9.17, 15) is 4.79 Å². The minimum absolute atomic E-state index is 0.278. The van der Waals surface area contributed by atoms with Crippen molar-refractivity contribution in [3.8, 4) is 0 Å². The predicted octanol–water partition coefficient (Wildman–Crippen LogP) is 2.04. The summed E-state index contributed by atoms with van der Waals surface area (Å²) in [5.74, 6) is 1.20. The van der Waals surface area contributed by atoms with E-state index in [2.05, 4.69) is 20.4 Å². The van der Waals surface area contributed by atoms with Crippen molar-refractivity contribution in [3.05, 3.63) is 48.0 Å². The summed E-state index contributed by atoms with van der Waals surface area (Å²) >= 11 is 0. The molecule has 1 saturated heterocycles. The molecule has 0 radical (unpaired) electrons. The second-order valence-corrected chi connectivity index (χ2v) is 4.81. The van der Waals surface area contributed by atoms with Gasteiger partial charge in [0.1, 0.15) is 5.76 Å². The van der Waals surface area contributed by atoms with Crippen molar-refractivity contribution in [1.29, 1.82) is 0 Å². The minimum Gasteiger partial charge on any atom is -0.440 e. The molecule has 1 aliphatic heterocycles. The molecule has 0 atom stereocenters. The quantitative estimate of drug-likeness (QED) is 0.689. The molecule has 6 nitrogen and oxygen atoms in total. The van der Waals surface area contributed by atoms with E-state index in [1.807, 2.05) is 12.1 Å². The maximum atomic E-state index is 11.8. The summed E-state index contributed by atoms with van der Waals surface area (Å²) in [6, 6.07) is 7.03. The van der Waals surface area contributed by atoms with Gasteiger partial charge in [0.15, 0.2) is 5.88 Å². The molecule has 3 rings (SSSR count). The minimum atomic E-state index is -0.278. The monoisotopic (exact) mass is 284 g/mol. The Morgan fingerprint density at radius 1 is 1.24 bits per heavy atom. The van der Waals surface area contributed by atoms with Gasteiger partial charge in [-0.25, -0.2) is 5.43 Å². The number of aromatic nitrogens is 1. The molecule has 6 heteroatoms. The average molecular weight is 284 g/mol. The Kier molecular flexibility index (Phi) is 3.95. The number of furan rings is 1. The van der Waals surface area contributed by atoms with E-state index in [0.717, 1.165) is 19.0 Å². The zero-order chi connectivity index (χ0) is 14.5. The lowest BCUT2D eigenvalue weighted by Crippen LogP contribution is -2.17. The van der Waals surface area contributed by atoms with E-state index >= 15 is 0 Å². The Labute approximate surface area is 122 Å². The van der Waals surface area contributed by atoms with Crippen molar-refractivity contribution in [1.82, 2.24) is 10.4 Å². The summed E-state index contributed by atoms with van der Waals surface area (Å²) in [5.41, 5.74) is 2.97. The number of anilines is 1. The van der Waals surface area contributed by atoms with Crippen LogP contribution < -0.4 is 10.3 Å². The average Bonchev–Trinajstić information content (AvgIpc) is 3.19. The Morgan fingerprint density at radius 3 is 2.76 bits per heavy atom. The topological polar surface area (TPSA) is 70.7 Å². The SMILES string of the molecule is O=C(N/N=C\c1ccc(N2CCCC2)o1)c1ccncc1. The molecule has 0 aromatic carbocycles. The van der Waals surface area contributed by atoms with Gasteiger partial charge in [-0.05, 0) is 31.0 Å². The zero-order valence-corrected chi connectivity index (χ0v) is 11.5.